The van der Waals surface area contributed by atoms with Crippen LogP contribution in [0.3, 0.4) is 0 Å². The lowest BCUT2D eigenvalue weighted by Gasteiger charge is -2.04. The SMILES string of the molecule is CC[C@@H](C)CB(O)O. The van der Waals surface area contributed by atoms with Crippen LogP contribution < -0.4 is 0 Å². The van der Waals surface area contributed by atoms with Crippen LogP contribution in [0.2, 0.25) is 6.32 Å². The first-order valence-electron chi connectivity index (χ1n) is 3.03. The third kappa shape index (κ3) is 4.15. The van der Waals surface area contributed by atoms with Crippen LogP contribution in [-0.2, 0) is 0 Å². The second kappa shape index (κ2) is 3.92. The minimum Gasteiger partial charge on any atom is -0.427 e. The second-order valence-electron chi connectivity index (χ2n) is 2.23. The van der Waals surface area contributed by atoms with Gasteiger partial charge in [-0.15, -0.1) is 0 Å². The van der Waals surface area contributed by atoms with E-state index in [9.17, 15) is 0 Å². The van der Waals surface area contributed by atoms with E-state index in [0.717, 1.165) is 6.42 Å². The summed E-state index contributed by atoms with van der Waals surface area (Å²) in [6.45, 7) is 4.03. The zero-order valence-corrected chi connectivity index (χ0v) is 5.46. The fourth-order valence-electron chi connectivity index (χ4n) is 0.527. The minimum atomic E-state index is -1.12. The summed E-state index contributed by atoms with van der Waals surface area (Å²) in [5.74, 6) is 0.426. The van der Waals surface area contributed by atoms with Gasteiger partial charge in [0.2, 0.25) is 0 Å². The highest BCUT2D eigenvalue weighted by Gasteiger charge is 2.10. The predicted molar refractivity (Wildman–Crippen MR) is 34.5 cm³/mol. The fourth-order valence-corrected chi connectivity index (χ4v) is 0.527. The van der Waals surface area contributed by atoms with Crippen LogP contribution in [0.5, 0.6) is 0 Å². The second-order valence-corrected chi connectivity index (χ2v) is 2.23. The van der Waals surface area contributed by atoms with Crippen LogP contribution in [0.25, 0.3) is 0 Å². The molecule has 0 aromatic rings. The molecule has 2 N–H and O–H groups in total. The largest absolute Gasteiger partial charge is 0.451 e. The third-order valence-electron chi connectivity index (χ3n) is 1.31. The molecule has 0 aliphatic carbocycles. The Hall–Kier alpha value is -0.0151. The molecule has 0 bridgehead atoms. The normalized spacial score (nSPS) is 13.5. The number of hydrogen-bond donors (Lipinski definition) is 2. The molecular formula is C5H13BO2. The Morgan fingerprint density at radius 2 is 2.00 bits per heavy atom. The first-order chi connectivity index (χ1) is 3.66. The molecule has 1 atom stereocenters. The van der Waals surface area contributed by atoms with Crippen molar-refractivity contribution in [3.05, 3.63) is 0 Å². The first kappa shape index (κ1) is 7.98. The molecule has 0 heterocycles. The van der Waals surface area contributed by atoms with Crippen molar-refractivity contribution in [1.29, 1.82) is 0 Å². The standard InChI is InChI=1S/C5H13BO2/c1-3-5(2)4-6(7)8/h5,7-8H,3-4H2,1-2H3/t5-/m1/s1. The van der Waals surface area contributed by atoms with Crippen molar-refractivity contribution in [1.82, 2.24) is 0 Å². The molecule has 0 aromatic carbocycles. The van der Waals surface area contributed by atoms with Gasteiger partial charge < -0.3 is 10.0 Å². The molecular weight excluding hydrogens is 103 g/mol. The Morgan fingerprint density at radius 3 is 2.12 bits per heavy atom. The van der Waals surface area contributed by atoms with Crippen molar-refractivity contribution >= 4 is 7.12 Å². The number of hydrogen-bond acceptors (Lipinski definition) is 2. The highest BCUT2D eigenvalue weighted by Crippen LogP contribution is 2.06. The third-order valence-corrected chi connectivity index (χ3v) is 1.31. The van der Waals surface area contributed by atoms with Crippen LogP contribution in [0, 0.1) is 5.92 Å². The lowest BCUT2D eigenvalue weighted by atomic mass is 9.78. The minimum absolute atomic E-state index is 0.426. The monoisotopic (exact) mass is 116 g/mol. The molecule has 0 aliphatic heterocycles. The summed E-state index contributed by atoms with van der Waals surface area (Å²) in [6.07, 6.45) is 1.51. The van der Waals surface area contributed by atoms with Gasteiger partial charge in [-0.1, -0.05) is 20.3 Å². The predicted octanol–water partition coefficient (Wildman–Crippen LogP) is 0.505. The van der Waals surface area contributed by atoms with Gasteiger partial charge in [-0.25, -0.2) is 0 Å². The Kier molecular flexibility index (Phi) is 3.92. The van der Waals surface area contributed by atoms with Gasteiger partial charge in [-0.05, 0) is 12.2 Å². The van der Waals surface area contributed by atoms with Crippen molar-refractivity contribution in [2.75, 3.05) is 0 Å². The maximum atomic E-state index is 8.41. The summed E-state index contributed by atoms with van der Waals surface area (Å²) < 4.78 is 0. The highest BCUT2D eigenvalue weighted by atomic mass is 16.4. The van der Waals surface area contributed by atoms with Crippen molar-refractivity contribution in [3.63, 3.8) is 0 Å². The van der Waals surface area contributed by atoms with E-state index in [4.69, 9.17) is 10.0 Å². The van der Waals surface area contributed by atoms with Gasteiger partial charge in [0.05, 0.1) is 0 Å². The number of rotatable bonds is 3. The maximum Gasteiger partial charge on any atom is 0.451 e. The molecule has 0 rings (SSSR count). The van der Waals surface area contributed by atoms with Crippen molar-refractivity contribution in [2.24, 2.45) is 5.92 Å². The average molecular weight is 116 g/mol. The van der Waals surface area contributed by atoms with Gasteiger partial charge in [-0.2, -0.15) is 0 Å². The van der Waals surface area contributed by atoms with Gasteiger partial charge in [0.25, 0.3) is 0 Å². The topological polar surface area (TPSA) is 40.5 Å². The summed E-state index contributed by atoms with van der Waals surface area (Å²) in [5.41, 5.74) is 0. The van der Waals surface area contributed by atoms with E-state index in [2.05, 4.69) is 0 Å². The molecule has 0 radical (unpaired) electrons. The summed E-state index contributed by atoms with van der Waals surface area (Å²) in [6, 6.07) is 0. The molecule has 0 amide bonds. The van der Waals surface area contributed by atoms with Crippen molar-refractivity contribution in [2.45, 2.75) is 26.6 Å². The summed E-state index contributed by atoms with van der Waals surface area (Å²) in [4.78, 5) is 0. The first-order valence-corrected chi connectivity index (χ1v) is 3.03. The summed E-state index contributed by atoms with van der Waals surface area (Å²) in [7, 11) is -1.12. The van der Waals surface area contributed by atoms with Crippen LogP contribution >= 0.6 is 0 Å². The van der Waals surface area contributed by atoms with Crippen molar-refractivity contribution in [3.8, 4) is 0 Å². The van der Waals surface area contributed by atoms with Gasteiger partial charge in [0.1, 0.15) is 0 Å². The molecule has 0 unspecified atom stereocenters. The Labute approximate surface area is 50.7 Å². The molecule has 0 aromatic heterocycles. The van der Waals surface area contributed by atoms with Gasteiger partial charge in [0, 0.05) is 0 Å². The smallest absolute Gasteiger partial charge is 0.427 e. The Balaban J connectivity index is 3.10. The summed E-state index contributed by atoms with van der Waals surface area (Å²) in [5, 5.41) is 16.8. The van der Waals surface area contributed by atoms with E-state index in [1.54, 1.807) is 0 Å². The molecule has 0 saturated carbocycles. The summed E-state index contributed by atoms with van der Waals surface area (Å²) >= 11 is 0. The molecule has 0 fully saturated rings. The Morgan fingerprint density at radius 1 is 1.50 bits per heavy atom. The van der Waals surface area contributed by atoms with Crippen LogP contribution in [0.1, 0.15) is 20.3 Å². The Bertz CT molecular complexity index is 56.4. The van der Waals surface area contributed by atoms with Crippen LogP contribution in [-0.4, -0.2) is 17.2 Å². The van der Waals surface area contributed by atoms with E-state index >= 15 is 0 Å². The average Bonchev–Trinajstić information content (AvgIpc) is 1.65. The van der Waals surface area contributed by atoms with Crippen LogP contribution in [0.15, 0.2) is 0 Å². The molecule has 0 spiro atoms. The highest BCUT2D eigenvalue weighted by molar-refractivity contribution is 6.41. The van der Waals surface area contributed by atoms with Gasteiger partial charge in [-0.3, -0.25) is 0 Å². The lowest BCUT2D eigenvalue weighted by molar-refractivity contribution is 0.388. The molecule has 3 heteroatoms. The molecule has 2 nitrogen and oxygen atoms in total. The molecule has 0 saturated heterocycles. The lowest BCUT2D eigenvalue weighted by Crippen LogP contribution is -2.14. The van der Waals surface area contributed by atoms with Crippen LogP contribution in [0.4, 0.5) is 0 Å². The molecule has 0 aliphatic rings. The zero-order chi connectivity index (χ0) is 6.57. The molecule has 8 heavy (non-hydrogen) atoms. The van der Waals surface area contributed by atoms with Gasteiger partial charge in [0.15, 0.2) is 0 Å². The fraction of sp³-hybridized carbons (Fsp3) is 1.00. The van der Waals surface area contributed by atoms with E-state index in [1.165, 1.54) is 0 Å². The van der Waals surface area contributed by atoms with E-state index in [0.29, 0.717) is 12.2 Å². The molecule has 48 valence electrons. The van der Waals surface area contributed by atoms with Gasteiger partial charge >= 0.3 is 7.12 Å². The van der Waals surface area contributed by atoms with E-state index in [-0.39, 0.29) is 0 Å². The zero-order valence-electron chi connectivity index (χ0n) is 5.46. The van der Waals surface area contributed by atoms with Crippen molar-refractivity contribution < 1.29 is 10.0 Å². The maximum absolute atomic E-state index is 8.41. The van der Waals surface area contributed by atoms with E-state index in [1.807, 2.05) is 13.8 Å². The quantitative estimate of drug-likeness (QED) is 0.527. The van der Waals surface area contributed by atoms with E-state index < -0.39 is 7.12 Å².